The standard InChI is InChI=1S/C49H53N4/c1-50(2)43-26-16-36(17-27-43)47(37-18-28-44(29-19-37)51(3)4)34-24-41-14-15-42(49(41)40-12-10-9-11-13-40)25-35-48(38-20-30-45(31-21-38)52(5)6)39-22-32-46(33-23-39)53(7)8/h9-13,16-35H,14-15H2,1-8H3/q+1. The zero-order valence-electron chi connectivity index (χ0n) is 32.6. The van der Waals surface area contributed by atoms with Crippen LogP contribution in [0.25, 0.3) is 16.7 Å². The van der Waals surface area contributed by atoms with Crippen LogP contribution in [0.1, 0.15) is 35.1 Å². The van der Waals surface area contributed by atoms with Crippen LogP contribution < -0.4 is 14.7 Å². The molecule has 0 fully saturated rings. The van der Waals surface area contributed by atoms with Crippen molar-refractivity contribution in [1.29, 1.82) is 0 Å². The Morgan fingerprint density at radius 2 is 1.06 bits per heavy atom. The van der Waals surface area contributed by atoms with Crippen LogP contribution in [0.4, 0.5) is 17.1 Å². The number of benzene rings is 4. The molecular weight excluding hydrogens is 645 g/mol. The lowest BCUT2D eigenvalue weighted by molar-refractivity contribution is -0.462. The van der Waals surface area contributed by atoms with E-state index in [2.05, 4.69) is 227 Å². The van der Waals surface area contributed by atoms with E-state index in [9.17, 15) is 0 Å². The van der Waals surface area contributed by atoms with E-state index in [-0.39, 0.29) is 0 Å². The molecule has 0 N–H and O–H groups in total. The molecule has 0 heterocycles. The predicted octanol–water partition coefficient (Wildman–Crippen LogP) is 10.3. The van der Waals surface area contributed by atoms with E-state index in [0.717, 1.165) is 12.8 Å². The monoisotopic (exact) mass is 697 g/mol. The maximum absolute atomic E-state index is 2.36. The van der Waals surface area contributed by atoms with Gasteiger partial charge in [0.25, 0.3) is 0 Å². The minimum absolute atomic E-state index is 0.983. The van der Waals surface area contributed by atoms with Crippen LogP contribution in [-0.4, -0.2) is 66.7 Å². The molecule has 0 spiro atoms. The highest BCUT2D eigenvalue weighted by Gasteiger charge is 2.20. The van der Waals surface area contributed by atoms with E-state index in [1.807, 2.05) is 0 Å². The molecule has 4 nitrogen and oxygen atoms in total. The Labute approximate surface area is 317 Å². The molecule has 2 aliphatic carbocycles. The van der Waals surface area contributed by atoms with E-state index < -0.39 is 0 Å². The average Bonchev–Trinajstić information content (AvgIpc) is 3.58. The fourth-order valence-corrected chi connectivity index (χ4v) is 6.88. The van der Waals surface area contributed by atoms with Crippen molar-refractivity contribution in [3.8, 4) is 0 Å². The van der Waals surface area contributed by atoms with Crippen molar-refractivity contribution in [2.75, 3.05) is 71.1 Å². The van der Waals surface area contributed by atoms with Crippen LogP contribution >= 0.6 is 0 Å². The van der Waals surface area contributed by atoms with Crippen molar-refractivity contribution in [3.05, 3.63) is 191 Å². The molecule has 4 aromatic rings. The van der Waals surface area contributed by atoms with Crippen LogP contribution in [0.15, 0.2) is 168 Å². The molecule has 2 aliphatic rings. The van der Waals surface area contributed by atoms with E-state index in [1.54, 1.807) is 0 Å². The van der Waals surface area contributed by atoms with Gasteiger partial charge < -0.3 is 14.7 Å². The molecule has 0 bridgehead atoms. The fraction of sp³-hybridized carbons (Fsp3) is 0.204. The van der Waals surface area contributed by atoms with Crippen LogP contribution in [-0.2, 0) is 0 Å². The maximum atomic E-state index is 2.36. The Hall–Kier alpha value is -5.87. The third-order valence-corrected chi connectivity index (χ3v) is 10.0. The molecule has 0 aromatic heterocycles. The zero-order valence-corrected chi connectivity index (χ0v) is 32.6. The van der Waals surface area contributed by atoms with Gasteiger partial charge in [0.1, 0.15) is 14.1 Å². The van der Waals surface area contributed by atoms with Crippen molar-refractivity contribution in [2.24, 2.45) is 0 Å². The second kappa shape index (κ2) is 16.6. The Balaban J connectivity index is 1.45. The maximum Gasteiger partial charge on any atom is 0.199 e. The van der Waals surface area contributed by atoms with Gasteiger partial charge in [0.2, 0.25) is 0 Å². The molecule has 0 saturated heterocycles. The second-order valence-electron chi connectivity index (χ2n) is 14.6. The highest BCUT2D eigenvalue weighted by molar-refractivity contribution is 6.03. The summed E-state index contributed by atoms with van der Waals surface area (Å²) >= 11 is 0. The summed E-state index contributed by atoms with van der Waals surface area (Å²) in [5.74, 6) is 0. The molecule has 53 heavy (non-hydrogen) atoms. The second-order valence-corrected chi connectivity index (χ2v) is 14.6. The lowest BCUT2D eigenvalue weighted by atomic mass is 9.93. The van der Waals surface area contributed by atoms with Gasteiger partial charge in [-0.3, -0.25) is 0 Å². The molecule has 0 amide bonds. The van der Waals surface area contributed by atoms with Gasteiger partial charge in [0.05, 0.1) is 0 Å². The SMILES string of the molecule is CN(C)c1ccc(C(=C/C=C2\CCC(/C=C/C(=C3C=CC(=[N+](C)C)C=C3)c3ccc(N(C)C)cc3)=C2c2ccccc2)c2ccc(N(C)C)cc2)cc1. The summed E-state index contributed by atoms with van der Waals surface area (Å²) in [5, 5.41) is 0. The fourth-order valence-electron chi connectivity index (χ4n) is 6.88. The van der Waals surface area contributed by atoms with Crippen molar-refractivity contribution in [3.63, 3.8) is 0 Å². The van der Waals surface area contributed by atoms with Crippen molar-refractivity contribution in [1.82, 2.24) is 0 Å². The number of hydrogen-bond donors (Lipinski definition) is 0. The Morgan fingerprint density at radius 3 is 1.53 bits per heavy atom. The van der Waals surface area contributed by atoms with Gasteiger partial charge in [-0.05, 0) is 117 Å². The van der Waals surface area contributed by atoms with Crippen LogP contribution in [0.2, 0.25) is 0 Å². The highest BCUT2D eigenvalue weighted by atomic mass is 15.1. The van der Waals surface area contributed by atoms with Gasteiger partial charge in [0, 0.05) is 71.5 Å². The van der Waals surface area contributed by atoms with Crippen molar-refractivity contribution >= 4 is 39.5 Å². The molecular formula is C49H53N4+. The zero-order chi connectivity index (χ0) is 37.5. The Morgan fingerprint density at radius 1 is 0.566 bits per heavy atom. The molecule has 268 valence electrons. The lowest BCUT2D eigenvalue weighted by Gasteiger charge is -2.16. The summed E-state index contributed by atoms with van der Waals surface area (Å²) in [6.07, 6.45) is 20.2. The van der Waals surface area contributed by atoms with E-state index in [0.29, 0.717) is 0 Å². The van der Waals surface area contributed by atoms with Gasteiger partial charge in [-0.25, -0.2) is 4.58 Å². The van der Waals surface area contributed by atoms with E-state index >= 15 is 0 Å². The number of nitrogens with zero attached hydrogens (tertiary/aromatic N) is 4. The number of anilines is 3. The van der Waals surface area contributed by atoms with Crippen LogP contribution in [0.3, 0.4) is 0 Å². The normalized spacial score (nSPS) is 14.7. The minimum atomic E-state index is 0.983. The van der Waals surface area contributed by atoms with E-state index in [1.165, 1.54) is 78.5 Å². The molecule has 0 unspecified atom stereocenters. The molecule has 0 atom stereocenters. The first-order valence-corrected chi connectivity index (χ1v) is 18.4. The Kier molecular flexibility index (Phi) is 11.6. The third-order valence-electron chi connectivity index (χ3n) is 10.0. The number of allylic oxidation sites excluding steroid dienone is 13. The quantitative estimate of drug-likeness (QED) is 0.153. The van der Waals surface area contributed by atoms with E-state index in [4.69, 9.17) is 0 Å². The molecule has 4 heteroatoms. The largest absolute Gasteiger partial charge is 0.378 e. The first-order valence-electron chi connectivity index (χ1n) is 18.4. The summed E-state index contributed by atoms with van der Waals surface area (Å²) in [7, 11) is 16.7. The van der Waals surface area contributed by atoms with Gasteiger partial charge in [-0.15, -0.1) is 0 Å². The van der Waals surface area contributed by atoms with Crippen LogP contribution in [0.5, 0.6) is 0 Å². The smallest absolute Gasteiger partial charge is 0.199 e. The third kappa shape index (κ3) is 8.78. The minimum Gasteiger partial charge on any atom is -0.378 e. The van der Waals surface area contributed by atoms with Gasteiger partial charge in [-0.1, -0.05) is 91.0 Å². The first kappa shape index (κ1) is 36.9. The van der Waals surface area contributed by atoms with Crippen molar-refractivity contribution in [2.45, 2.75) is 12.8 Å². The summed E-state index contributed by atoms with van der Waals surface area (Å²) in [6, 6.07) is 37.6. The molecule has 0 saturated carbocycles. The summed E-state index contributed by atoms with van der Waals surface area (Å²) < 4.78 is 2.14. The summed E-state index contributed by atoms with van der Waals surface area (Å²) in [5.41, 5.74) is 17.3. The lowest BCUT2D eigenvalue weighted by Crippen LogP contribution is -2.10. The number of rotatable bonds is 10. The average molecular weight is 698 g/mol. The summed E-state index contributed by atoms with van der Waals surface area (Å²) in [6.45, 7) is 0. The van der Waals surface area contributed by atoms with Gasteiger partial charge in [0.15, 0.2) is 5.71 Å². The first-order chi connectivity index (χ1) is 25.6. The molecule has 0 radical (unpaired) electrons. The van der Waals surface area contributed by atoms with Gasteiger partial charge in [-0.2, -0.15) is 0 Å². The van der Waals surface area contributed by atoms with Crippen molar-refractivity contribution < 1.29 is 4.58 Å². The van der Waals surface area contributed by atoms with Crippen LogP contribution in [0, 0.1) is 0 Å². The Bertz CT molecular complexity index is 2090. The van der Waals surface area contributed by atoms with Gasteiger partial charge >= 0.3 is 0 Å². The highest BCUT2D eigenvalue weighted by Crippen LogP contribution is 2.40. The molecule has 4 aromatic carbocycles. The number of hydrogen-bond acceptors (Lipinski definition) is 3. The topological polar surface area (TPSA) is 12.7 Å². The predicted molar refractivity (Wildman–Crippen MR) is 232 cm³/mol. The summed E-state index contributed by atoms with van der Waals surface area (Å²) in [4.78, 5) is 6.43. The molecule has 6 rings (SSSR count). The molecule has 0 aliphatic heterocycles.